The number of benzene rings is 2. The third kappa shape index (κ3) is 12.6. The molecule has 0 atom stereocenters. The van der Waals surface area contributed by atoms with E-state index in [1.165, 1.54) is 0 Å². The Balaban J connectivity index is 1.25. The van der Waals surface area contributed by atoms with Crippen LogP contribution in [0.1, 0.15) is 183 Å². The molecule has 10 heteroatoms. The SMILES string of the molecule is CCC(C)(C)c1cc(CCC(=O)OCC(C)(C)C2OCC3(CO2)COC(C(C)(C)COC(=O)CCc2cc(C(C)(C)CC)c(O)c(C(C)(C)CC)c2)OC3)cc(C(C)(C)CC)c1O. The molecule has 2 heterocycles. The van der Waals surface area contributed by atoms with E-state index in [-0.39, 0.29) is 59.7 Å². The van der Waals surface area contributed by atoms with Gasteiger partial charge in [0.2, 0.25) is 0 Å². The van der Waals surface area contributed by atoms with Crippen molar-refractivity contribution in [2.45, 2.75) is 196 Å². The summed E-state index contributed by atoms with van der Waals surface area (Å²) in [4.78, 5) is 26.2. The van der Waals surface area contributed by atoms with Crippen LogP contribution in [0.2, 0.25) is 0 Å². The minimum Gasteiger partial charge on any atom is -0.507 e. The third-order valence-electron chi connectivity index (χ3n) is 14.7. The number of phenols is 2. The fourth-order valence-electron chi connectivity index (χ4n) is 8.07. The summed E-state index contributed by atoms with van der Waals surface area (Å²) in [6, 6.07) is 8.20. The van der Waals surface area contributed by atoms with Crippen molar-refractivity contribution in [2.24, 2.45) is 16.2 Å². The smallest absolute Gasteiger partial charge is 0.306 e. The van der Waals surface area contributed by atoms with Crippen molar-refractivity contribution in [1.82, 2.24) is 0 Å². The Morgan fingerprint density at radius 1 is 0.524 bits per heavy atom. The van der Waals surface area contributed by atoms with Crippen LogP contribution >= 0.6 is 0 Å². The van der Waals surface area contributed by atoms with E-state index < -0.39 is 28.8 Å². The zero-order chi connectivity index (χ0) is 47.4. The number of carbonyl (C=O) groups is 2. The van der Waals surface area contributed by atoms with Gasteiger partial charge in [-0.1, -0.05) is 135 Å². The van der Waals surface area contributed by atoms with Gasteiger partial charge in [-0.2, -0.15) is 0 Å². The number of phenolic OH excluding ortho intramolecular Hbond substituents is 2. The summed E-state index contributed by atoms with van der Waals surface area (Å²) >= 11 is 0. The topological polar surface area (TPSA) is 130 Å². The van der Waals surface area contributed by atoms with Gasteiger partial charge in [0.05, 0.1) is 31.8 Å². The summed E-state index contributed by atoms with van der Waals surface area (Å²) in [6.07, 6.45) is 3.78. The molecule has 4 rings (SSSR count). The number of hydrogen-bond acceptors (Lipinski definition) is 10. The van der Waals surface area contributed by atoms with Crippen molar-refractivity contribution in [2.75, 3.05) is 39.6 Å². The molecule has 356 valence electrons. The number of ether oxygens (including phenoxy) is 6. The van der Waals surface area contributed by atoms with E-state index in [4.69, 9.17) is 28.4 Å². The van der Waals surface area contributed by atoms with Gasteiger partial charge in [-0.3, -0.25) is 9.59 Å². The molecule has 2 aromatic rings. The molecule has 2 aliphatic heterocycles. The van der Waals surface area contributed by atoms with E-state index in [2.05, 4.69) is 107 Å². The monoisotopic (exact) mass is 881 g/mol. The maximum Gasteiger partial charge on any atom is 0.306 e. The Hall–Kier alpha value is -3.18. The lowest BCUT2D eigenvalue weighted by Crippen LogP contribution is -2.57. The normalized spacial score (nSPS) is 20.5. The fraction of sp³-hybridized carbons (Fsp3) is 0.736. The maximum atomic E-state index is 13.1. The quantitative estimate of drug-likeness (QED) is 0.124. The van der Waals surface area contributed by atoms with E-state index >= 15 is 0 Å². The first-order valence-corrected chi connectivity index (χ1v) is 23.6. The van der Waals surface area contributed by atoms with Gasteiger partial charge in [-0.05, 0) is 71.3 Å². The summed E-state index contributed by atoms with van der Waals surface area (Å²) < 4.78 is 36.7. The van der Waals surface area contributed by atoms with Crippen LogP contribution in [0.15, 0.2) is 24.3 Å². The van der Waals surface area contributed by atoms with Crippen molar-refractivity contribution in [1.29, 1.82) is 0 Å². The van der Waals surface area contributed by atoms with E-state index in [1.54, 1.807) is 0 Å². The fourth-order valence-corrected chi connectivity index (χ4v) is 8.07. The molecule has 0 aromatic heterocycles. The van der Waals surface area contributed by atoms with E-state index in [9.17, 15) is 19.8 Å². The summed E-state index contributed by atoms with van der Waals surface area (Å²) in [5.41, 5.74) is 3.15. The van der Waals surface area contributed by atoms with Crippen LogP contribution in [0.5, 0.6) is 11.5 Å². The van der Waals surface area contributed by atoms with E-state index in [0.717, 1.165) is 59.1 Å². The van der Waals surface area contributed by atoms with Gasteiger partial charge in [0.15, 0.2) is 12.6 Å². The largest absolute Gasteiger partial charge is 0.507 e. The Morgan fingerprint density at radius 3 is 1.02 bits per heavy atom. The summed E-state index contributed by atoms with van der Waals surface area (Å²) in [6.45, 7) is 35.2. The molecule has 2 aliphatic rings. The Bertz CT molecular complexity index is 1660. The zero-order valence-electron chi connectivity index (χ0n) is 42.0. The first-order chi connectivity index (χ1) is 29.1. The van der Waals surface area contributed by atoms with Gasteiger partial charge in [-0.15, -0.1) is 0 Å². The number of aromatic hydroxyl groups is 2. The molecule has 0 bridgehead atoms. The predicted octanol–water partition coefficient (Wildman–Crippen LogP) is 11.3. The Labute approximate surface area is 380 Å². The number of carbonyl (C=O) groups excluding carboxylic acids is 2. The van der Waals surface area contributed by atoms with Gasteiger partial charge < -0.3 is 38.6 Å². The highest BCUT2D eigenvalue weighted by Crippen LogP contribution is 2.45. The van der Waals surface area contributed by atoms with Gasteiger partial charge in [0.1, 0.15) is 24.7 Å². The second-order valence-electron chi connectivity index (χ2n) is 22.7. The molecule has 2 N–H and O–H groups in total. The molecule has 0 aliphatic carbocycles. The Morgan fingerprint density at radius 2 is 0.778 bits per heavy atom. The minimum absolute atomic E-state index is 0.133. The first-order valence-electron chi connectivity index (χ1n) is 23.6. The molecule has 63 heavy (non-hydrogen) atoms. The van der Waals surface area contributed by atoms with Crippen LogP contribution in [0.4, 0.5) is 0 Å². The highest BCUT2D eigenvalue weighted by molar-refractivity contribution is 5.70. The number of hydrogen-bond donors (Lipinski definition) is 2. The Kier molecular flexibility index (Phi) is 16.8. The van der Waals surface area contributed by atoms with Crippen LogP contribution < -0.4 is 0 Å². The van der Waals surface area contributed by atoms with E-state index in [1.807, 2.05) is 27.7 Å². The molecule has 0 saturated carbocycles. The average molecular weight is 881 g/mol. The minimum atomic E-state index is -0.609. The van der Waals surface area contributed by atoms with Crippen molar-refractivity contribution < 1.29 is 48.2 Å². The molecule has 0 unspecified atom stereocenters. The van der Waals surface area contributed by atoms with Crippen LogP contribution in [0.25, 0.3) is 0 Å². The molecule has 1 spiro atoms. The number of rotatable bonds is 20. The predicted molar refractivity (Wildman–Crippen MR) is 249 cm³/mol. The zero-order valence-corrected chi connectivity index (χ0v) is 42.0. The highest BCUT2D eigenvalue weighted by atomic mass is 16.7. The lowest BCUT2D eigenvalue weighted by Gasteiger charge is -2.48. The van der Waals surface area contributed by atoms with Crippen LogP contribution in [-0.2, 0) is 72.5 Å². The average Bonchev–Trinajstić information content (AvgIpc) is 3.24. The lowest BCUT2D eigenvalue weighted by molar-refractivity contribution is -0.337. The van der Waals surface area contributed by atoms with Gasteiger partial charge in [0.25, 0.3) is 0 Å². The molecular formula is C53H84O10. The van der Waals surface area contributed by atoms with E-state index in [0.29, 0.717) is 50.8 Å². The second kappa shape index (κ2) is 20.1. The molecular weight excluding hydrogens is 797 g/mol. The highest BCUT2D eigenvalue weighted by Gasteiger charge is 2.48. The number of esters is 2. The molecule has 2 aromatic carbocycles. The van der Waals surface area contributed by atoms with Gasteiger partial charge in [-0.25, -0.2) is 0 Å². The lowest BCUT2D eigenvalue weighted by atomic mass is 9.74. The molecule has 0 amide bonds. The number of aryl methyl sites for hydroxylation is 2. The first kappa shape index (κ1) is 52.4. The van der Waals surface area contributed by atoms with Crippen molar-refractivity contribution in [3.8, 4) is 11.5 Å². The second-order valence-corrected chi connectivity index (χ2v) is 22.7. The van der Waals surface area contributed by atoms with Crippen LogP contribution in [-0.4, -0.2) is 74.4 Å². The maximum absolute atomic E-state index is 13.1. The van der Waals surface area contributed by atoms with Crippen LogP contribution in [0, 0.1) is 16.2 Å². The summed E-state index contributed by atoms with van der Waals surface area (Å²) in [5, 5.41) is 22.7. The third-order valence-corrected chi connectivity index (χ3v) is 14.7. The van der Waals surface area contributed by atoms with Crippen molar-refractivity contribution in [3.63, 3.8) is 0 Å². The molecule has 10 nitrogen and oxygen atoms in total. The molecule has 2 saturated heterocycles. The molecule has 0 radical (unpaired) electrons. The standard InChI is InChI=1S/C53H84O10/c1-17-47(5,6)37-25-35(26-38(43(37)56)48(7,8)18-2)21-23-41(54)58-29-51(13,14)45-60-31-53(32-61-45)33-62-46(63-34-53)52(15,16)30-59-42(55)24-22-36-27-39(49(9,10)19-3)44(57)40(28-36)50(11,12)20-4/h25-28,45-46,56-57H,17-24,29-34H2,1-16H3. The van der Waals surface area contributed by atoms with Crippen molar-refractivity contribution >= 4 is 11.9 Å². The van der Waals surface area contributed by atoms with Crippen LogP contribution in [0.3, 0.4) is 0 Å². The summed E-state index contributed by atoms with van der Waals surface area (Å²) in [5.74, 6) is 0.131. The van der Waals surface area contributed by atoms with Crippen molar-refractivity contribution in [3.05, 3.63) is 57.6 Å². The van der Waals surface area contributed by atoms with Gasteiger partial charge >= 0.3 is 11.9 Å². The van der Waals surface area contributed by atoms with Gasteiger partial charge in [0, 0.05) is 45.9 Å². The summed E-state index contributed by atoms with van der Waals surface area (Å²) in [7, 11) is 0. The molecule has 2 fully saturated rings.